The average Bonchev–Trinajstić information content (AvgIpc) is 3.01. The summed E-state index contributed by atoms with van der Waals surface area (Å²) in [6, 6.07) is 5.13. The molecule has 0 spiro atoms. The van der Waals surface area contributed by atoms with Crippen LogP contribution in [0.5, 0.6) is 0 Å². The number of carboxylic acid groups (broad SMARTS) is 1. The number of rotatable bonds is 4. The molecule has 0 aromatic carbocycles. The first kappa shape index (κ1) is 13.5. The molecular weight excluding hydrogens is 270 g/mol. The highest BCUT2D eigenvalue weighted by molar-refractivity contribution is 5.85. The van der Waals surface area contributed by atoms with Crippen molar-refractivity contribution in [3.05, 3.63) is 36.3 Å². The molecule has 0 saturated carbocycles. The van der Waals surface area contributed by atoms with E-state index >= 15 is 0 Å². The molecule has 2 aromatic rings. The second kappa shape index (κ2) is 5.90. The predicted octanol–water partition coefficient (Wildman–Crippen LogP) is 1.29. The summed E-state index contributed by atoms with van der Waals surface area (Å²) in [6.07, 6.45) is 5.65. The van der Waals surface area contributed by atoms with Gasteiger partial charge in [-0.15, -0.1) is 5.10 Å². The molecule has 0 unspecified atom stereocenters. The van der Waals surface area contributed by atoms with Gasteiger partial charge in [0.2, 0.25) is 0 Å². The molecular formula is C14H17N5O2. The van der Waals surface area contributed by atoms with Gasteiger partial charge in [-0.1, -0.05) is 11.3 Å². The van der Waals surface area contributed by atoms with Gasteiger partial charge in [0.15, 0.2) is 5.69 Å². The summed E-state index contributed by atoms with van der Waals surface area (Å²) in [5.41, 5.74) is 0.0947. The van der Waals surface area contributed by atoms with Gasteiger partial charge in [0, 0.05) is 25.8 Å². The lowest BCUT2D eigenvalue weighted by Crippen LogP contribution is -2.35. The number of nitrogens with zero attached hydrogens (tertiary/aromatic N) is 5. The lowest BCUT2D eigenvalue weighted by atomic mass is 9.97. The zero-order valence-electron chi connectivity index (χ0n) is 11.6. The molecule has 0 bridgehead atoms. The fraction of sp³-hybridized carbons (Fsp3) is 0.429. The van der Waals surface area contributed by atoms with E-state index in [0.717, 1.165) is 38.3 Å². The van der Waals surface area contributed by atoms with Crippen LogP contribution in [0.3, 0.4) is 0 Å². The van der Waals surface area contributed by atoms with Gasteiger partial charge in [-0.2, -0.15) is 0 Å². The summed E-state index contributed by atoms with van der Waals surface area (Å²) in [5.74, 6) is 0.331. The number of aromatic carboxylic acids is 1. The molecule has 21 heavy (non-hydrogen) atoms. The molecule has 1 fully saturated rings. The highest BCUT2D eigenvalue weighted by atomic mass is 16.4. The first-order valence-electron chi connectivity index (χ1n) is 7.02. The number of piperidine rings is 1. The summed E-state index contributed by atoms with van der Waals surface area (Å²) in [5, 5.41) is 16.8. The highest BCUT2D eigenvalue weighted by Gasteiger charge is 2.21. The van der Waals surface area contributed by atoms with Crippen LogP contribution >= 0.6 is 0 Å². The Morgan fingerprint density at radius 3 is 2.81 bits per heavy atom. The van der Waals surface area contributed by atoms with E-state index < -0.39 is 5.97 Å². The monoisotopic (exact) mass is 287 g/mol. The van der Waals surface area contributed by atoms with Crippen molar-refractivity contribution >= 4 is 11.8 Å². The molecule has 2 aromatic heterocycles. The Morgan fingerprint density at radius 1 is 1.33 bits per heavy atom. The summed E-state index contributed by atoms with van der Waals surface area (Å²) in [4.78, 5) is 17.3. The van der Waals surface area contributed by atoms with Gasteiger partial charge >= 0.3 is 5.97 Å². The third kappa shape index (κ3) is 3.18. The zero-order valence-corrected chi connectivity index (χ0v) is 11.6. The smallest absolute Gasteiger partial charge is 0.354 e. The minimum Gasteiger partial charge on any atom is -0.477 e. The minimum absolute atomic E-state index is 0.0947. The van der Waals surface area contributed by atoms with Gasteiger partial charge in [0.05, 0.1) is 6.20 Å². The topological polar surface area (TPSA) is 84.1 Å². The van der Waals surface area contributed by atoms with Crippen LogP contribution in [0.15, 0.2) is 30.6 Å². The SMILES string of the molecule is O=C(O)c1cccc(N2CCC(Cn3ccnn3)CC2)n1. The molecule has 1 aliphatic rings. The molecule has 3 rings (SSSR count). The van der Waals surface area contributed by atoms with Crippen molar-refractivity contribution in [3.63, 3.8) is 0 Å². The molecule has 0 atom stereocenters. The molecule has 3 heterocycles. The molecule has 0 aliphatic carbocycles. The second-order valence-electron chi connectivity index (χ2n) is 5.24. The lowest BCUT2D eigenvalue weighted by Gasteiger charge is -2.32. The van der Waals surface area contributed by atoms with Crippen molar-refractivity contribution in [1.82, 2.24) is 20.0 Å². The number of aromatic nitrogens is 4. The molecule has 1 N–H and O–H groups in total. The first-order valence-corrected chi connectivity index (χ1v) is 7.02. The van der Waals surface area contributed by atoms with Gasteiger partial charge in [-0.25, -0.2) is 9.78 Å². The first-order chi connectivity index (χ1) is 10.2. The van der Waals surface area contributed by atoms with Crippen LogP contribution in [-0.2, 0) is 6.54 Å². The van der Waals surface area contributed by atoms with Crippen molar-refractivity contribution in [2.24, 2.45) is 5.92 Å². The standard InChI is InChI=1S/C14H17N5O2/c20-14(21)12-2-1-3-13(16-12)18-7-4-11(5-8-18)10-19-9-6-15-17-19/h1-3,6,9,11H,4-5,7-8,10H2,(H,20,21). The van der Waals surface area contributed by atoms with Crippen molar-refractivity contribution in [1.29, 1.82) is 0 Å². The second-order valence-corrected chi connectivity index (χ2v) is 5.24. The third-order valence-corrected chi connectivity index (χ3v) is 3.81. The Balaban J connectivity index is 1.60. The Kier molecular flexibility index (Phi) is 3.81. The summed E-state index contributed by atoms with van der Waals surface area (Å²) >= 11 is 0. The van der Waals surface area contributed by atoms with Gasteiger partial charge < -0.3 is 10.0 Å². The largest absolute Gasteiger partial charge is 0.477 e. The molecule has 110 valence electrons. The number of pyridine rings is 1. The molecule has 0 amide bonds. The van der Waals surface area contributed by atoms with E-state index in [0.29, 0.717) is 5.92 Å². The van der Waals surface area contributed by atoms with E-state index in [9.17, 15) is 4.79 Å². The highest BCUT2D eigenvalue weighted by Crippen LogP contribution is 2.23. The van der Waals surface area contributed by atoms with Gasteiger partial charge in [0.25, 0.3) is 0 Å². The van der Waals surface area contributed by atoms with Crippen molar-refractivity contribution in [3.8, 4) is 0 Å². The predicted molar refractivity (Wildman–Crippen MR) is 76.2 cm³/mol. The van der Waals surface area contributed by atoms with E-state index in [4.69, 9.17) is 5.11 Å². The number of carboxylic acids is 1. The Bertz CT molecular complexity index is 606. The lowest BCUT2D eigenvalue weighted by molar-refractivity contribution is 0.0690. The number of hydrogen-bond donors (Lipinski definition) is 1. The minimum atomic E-state index is -0.988. The maximum absolute atomic E-state index is 11.0. The van der Waals surface area contributed by atoms with Crippen molar-refractivity contribution < 1.29 is 9.90 Å². The van der Waals surface area contributed by atoms with Crippen LogP contribution in [0.2, 0.25) is 0 Å². The summed E-state index contributed by atoms with van der Waals surface area (Å²) < 4.78 is 1.86. The fourth-order valence-corrected chi connectivity index (χ4v) is 2.66. The summed E-state index contributed by atoms with van der Waals surface area (Å²) in [6.45, 7) is 2.65. The Hall–Kier alpha value is -2.44. The van der Waals surface area contributed by atoms with Crippen LogP contribution in [-0.4, -0.2) is 44.1 Å². The zero-order chi connectivity index (χ0) is 14.7. The van der Waals surface area contributed by atoms with E-state index in [2.05, 4.69) is 20.2 Å². The molecule has 7 heteroatoms. The van der Waals surface area contributed by atoms with Crippen molar-refractivity contribution in [2.45, 2.75) is 19.4 Å². The number of anilines is 1. The van der Waals surface area contributed by atoms with Gasteiger partial charge in [0.1, 0.15) is 5.82 Å². The molecule has 1 saturated heterocycles. The third-order valence-electron chi connectivity index (χ3n) is 3.81. The number of hydrogen-bond acceptors (Lipinski definition) is 5. The van der Waals surface area contributed by atoms with Crippen LogP contribution in [0.4, 0.5) is 5.82 Å². The normalized spacial score (nSPS) is 16.1. The van der Waals surface area contributed by atoms with Crippen LogP contribution < -0.4 is 4.90 Å². The fourth-order valence-electron chi connectivity index (χ4n) is 2.66. The van der Waals surface area contributed by atoms with E-state index in [1.807, 2.05) is 16.9 Å². The van der Waals surface area contributed by atoms with E-state index in [-0.39, 0.29) is 5.69 Å². The maximum atomic E-state index is 11.0. The quantitative estimate of drug-likeness (QED) is 0.912. The van der Waals surface area contributed by atoms with Crippen molar-refractivity contribution in [2.75, 3.05) is 18.0 Å². The van der Waals surface area contributed by atoms with Crippen LogP contribution in [0.1, 0.15) is 23.3 Å². The van der Waals surface area contributed by atoms with E-state index in [1.54, 1.807) is 12.3 Å². The van der Waals surface area contributed by atoms with Crippen LogP contribution in [0.25, 0.3) is 0 Å². The summed E-state index contributed by atoms with van der Waals surface area (Å²) in [7, 11) is 0. The Morgan fingerprint density at radius 2 is 2.14 bits per heavy atom. The molecule has 1 aliphatic heterocycles. The maximum Gasteiger partial charge on any atom is 0.354 e. The Labute approximate surface area is 122 Å². The average molecular weight is 287 g/mol. The molecule has 0 radical (unpaired) electrons. The van der Waals surface area contributed by atoms with Gasteiger partial charge in [-0.3, -0.25) is 4.68 Å². The van der Waals surface area contributed by atoms with Gasteiger partial charge in [-0.05, 0) is 30.9 Å². The van der Waals surface area contributed by atoms with E-state index in [1.165, 1.54) is 6.07 Å². The van der Waals surface area contributed by atoms with Crippen LogP contribution in [0, 0.1) is 5.92 Å². The molecule has 7 nitrogen and oxygen atoms in total. The number of carbonyl (C=O) groups is 1.